The highest BCUT2D eigenvalue weighted by molar-refractivity contribution is 7.89. The molecule has 1 aromatic carbocycles. The first-order chi connectivity index (χ1) is 9.36. The van der Waals surface area contributed by atoms with Gasteiger partial charge in [0.05, 0.1) is 7.11 Å². The van der Waals surface area contributed by atoms with E-state index in [1.807, 2.05) is 26.8 Å². The third-order valence-electron chi connectivity index (χ3n) is 3.54. The van der Waals surface area contributed by atoms with E-state index in [1.165, 1.54) is 11.4 Å². The predicted molar refractivity (Wildman–Crippen MR) is 78.7 cm³/mol. The Morgan fingerprint density at radius 3 is 2.65 bits per heavy atom. The first kappa shape index (κ1) is 15.3. The van der Waals surface area contributed by atoms with Gasteiger partial charge in [0.2, 0.25) is 10.0 Å². The molecule has 0 bridgehead atoms. The fraction of sp³-hybridized carbons (Fsp3) is 0.571. The molecule has 1 fully saturated rings. The van der Waals surface area contributed by atoms with Gasteiger partial charge in [0.1, 0.15) is 10.6 Å². The third kappa shape index (κ3) is 2.82. The maximum atomic E-state index is 12.8. The third-order valence-corrected chi connectivity index (χ3v) is 5.41. The molecular weight excluding hydrogens is 276 g/mol. The van der Waals surface area contributed by atoms with Crippen molar-refractivity contribution in [1.29, 1.82) is 0 Å². The van der Waals surface area contributed by atoms with Gasteiger partial charge in [0.25, 0.3) is 0 Å². The monoisotopic (exact) mass is 298 g/mol. The highest BCUT2D eigenvalue weighted by Crippen LogP contribution is 2.31. The Bertz CT molecular complexity index is 599. The van der Waals surface area contributed by atoms with Crippen molar-refractivity contribution in [3.8, 4) is 5.75 Å². The van der Waals surface area contributed by atoms with Crippen LogP contribution in [0.2, 0.25) is 0 Å². The minimum absolute atomic E-state index is 0.162. The van der Waals surface area contributed by atoms with Crippen LogP contribution in [0.4, 0.5) is 0 Å². The number of hydrogen-bond acceptors (Lipinski definition) is 4. The normalized spacial score (nSPS) is 20.9. The number of hydrogen-bond donors (Lipinski definition) is 1. The number of nitrogens with zero attached hydrogens (tertiary/aromatic N) is 1. The smallest absolute Gasteiger partial charge is 0.246 e. The quantitative estimate of drug-likeness (QED) is 0.913. The molecule has 0 saturated carbocycles. The predicted octanol–water partition coefficient (Wildman–Crippen LogP) is 1.29. The van der Waals surface area contributed by atoms with Gasteiger partial charge >= 0.3 is 0 Å². The van der Waals surface area contributed by atoms with Crippen LogP contribution in [0.1, 0.15) is 18.1 Å². The van der Waals surface area contributed by atoms with Crippen LogP contribution >= 0.6 is 0 Å². The molecule has 1 saturated heterocycles. The molecule has 1 aliphatic heterocycles. The van der Waals surface area contributed by atoms with Crippen LogP contribution in [-0.4, -0.2) is 45.5 Å². The molecule has 2 rings (SSSR count). The van der Waals surface area contributed by atoms with Crippen molar-refractivity contribution >= 4 is 10.0 Å². The van der Waals surface area contributed by atoms with Crippen molar-refractivity contribution in [2.75, 3.05) is 26.7 Å². The molecule has 1 aliphatic rings. The summed E-state index contributed by atoms with van der Waals surface area (Å²) in [5, 5.41) is 3.25. The van der Waals surface area contributed by atoms with Crippen molar-refractivity contribution in [1.82, 2.24) is 9.62 Å². The van der Waals surface area contributed by atoms with Gasteiger partial charge in [0.15, 0.2) is 0 Å². The standard InChI is InChI=1S/C14H22N2O3S/c1-10-7-11(2)14(19-4)13(8-10)20(17,18)16-6-5-15-12(3)9-16/h7-8,12,15H,5-6,9H2,1-4H3/t12-/m0/s1. The number of rotatable bonds is 3. The zero-order valence-electron chi connectivity index (χ0n) is 12.4. The second-order valence-electron chi connectivity index (χ2n) is 5.33. The number of piperazine rings is 1. The summed E-state index contributed by atoms with van der Waals surface area (Å²) in [7, 11) is -2.00. The molecule has 0 unspecified atom stereocenters. The lowest BCUT2D eigenvalue weighted by Crippen LogP contribution is -2.51. The van der Waals surface area contributed by atoms with Crippen LogP contribution in [0.3, 0.4) is 0 Å². The van der Waals surface area contributed by atoms with E-state index < -0.39 is 10.0 Å². The van der Waals surface area contributed by atoms with Crippen LogP contribution in [0.5, 0.6) is 5.75 Å². The Morgan fingerprint density at radius 1 is 1.35 bits per heavy atom. The van der Waals surface area contributed by atoms with Crippen molar-refractivity contribution in [3.05, 3.63) is 23.3 Å². The molecule has 1 heterocycles. The fourth-order valence-electron chi connectivity index (χ4n) is 2.62. The van der Waals surface area contributed by atoms with E-state index in [0.717, 1.165) is 11.1 Å². The largest absolute Gasteiger partial charge is 0.495 e. The van der Waals surface area contributed by atoms with Gasteiger partial charge in [-0.25, -0.2) is 8.42 Å². The topological polar surface area (TPSA) is 58.6 Å². The molecule has 0 radical (unpaired) electrons. The van der Waals surface area contributed by atoms with E-state index in [2.05, 4.69) is 5.32 Å². The highest BCUT2D eigenvalue weighted by atomic mass is 32.2. The van der Waals surface area contributed by atoms with E-state index >= 15 is 0 Å². The van der Waals surface area contributed by atoms with E-state index in [9.17, 15) is 8.42 Å². The Labute approximate surface area is 121 Å². The van der Waals surface area contributed by atoms with Gasteiger partial charge < -0.3 is 10.1 Å². The summed E-state index contributed by atoms with van der Waals surface area (Å²) in [4.78, 5) is 0.270. The first-order valence-electron chi connectivity index (χ1n) is 6.75. The summed E-state index contributed by atoms with van der Waals surface area (Å²) >= 11 is 0. The summed E-state index contributed by atoms with van der Waals surface area (Å²) in [5.74, 6) is 0.446. The van der Waals surface area contributed by atoms with Gasteiger partial charge in [0, 0.05) is 25.7 Å². The maximum absolute atomic E-state index is 12.8. The van der Waals surface area contributed by atoms with Crippen LogP contribution in [0.25, 0.3) is 0 Å². The van der Waals surface area contributed by atoms with Crippen molar-refractivity contribution in [3.63, 3.8) is 0 Å². The summed E-state index contributed by atoms with van der Waals surface area (Å²) in [6.07, 6.45) is 0. The van der Waals surface area contributed by atoms with E-state index in [4.69, 9.17) is 4.74 Å². The average Bonchev–Trinajstić information content (AvgIpc) is 2.38. The minimum Gasteiger partial charge on any atom is -0.495 e. The van der Waals surface area contributed by atoms with Crippen molar-refractivity contribution in [2.24, 2.45) is 0 Å². The number of benzene rings is 1. The van der Waals surface area contributed by atoms with E-state index in [-0.39, 0.29) is 10.9 Å². The lowest BCUT2D eigenvalue weighted by atomic mass is 10.1. The summed E-state index contributed by atoms with van der Waals surface area (Å²) in [6, 6.07) is 3.78. The molecule has 1 atom stereocenters. The van der Waals surface area contributed by atoms with Gasteiger partial charge in [-0.05, 0) is 38.0 Å². The number of methoxy groups -OCH3 is 1. The molecule has 0 spiro atoms. The van der Waals surface area contributed by atoms with Crippen molar-refractivity contribution in [2.45, 2.75) is 31.7 Å². The SMILES string of the molecule is COc1c(C)cc(C)cc1S(=O)(=O)N1CCN[C@@H](C)C1. The molecule has 112 valence electrons. The molecule has 0 aliphatic carbocycles. The summed E-state index contributed by atoms with van der Waals surface area (Å²) < 4.78 is 32.5. The summed E-state index contributed by atoms with van der Waals surface area (Å²) in [5.41, 5.74) is 1.76. The van der Waals surface area contributed by atoms with Gasteiger partial charge in [-0.15, -0.1) is 0 Å². The minimum atomic E-state index is -3.51. The highest BCUT2D eigenvalue weighted by Gasteiger charge is 2.31. The fourth-order valence-corrected chi connectivity index (χ4v) is 4.47. The second-order valence-corrected chi connectivity index (χ2v) is 7.24. The molecule has 0 aromatic heterocycles. The molecule has 6 heteroatoms. The van der Waals surface area contributed by atoms with Crippen LogP contribution < -0.4 is 10.1 Å². The molecular formula is C14H22N2O3S. The lowest BCUT2D eigenvalue weighted by Gasteiger charge is -2.31. The molecule has 1 N–H and O–H groups in total. The van der Waals surface area contributed by atoms with Gasteiger partial charge in [-0.3, -0.25) is 0 Å². The molecule has 5 nitrogen and oxygen atoms in total. The zero-order valence-corrected chi connectivity index (χ0v) is 13.3. The first-order valence-corrected chi connectivity index (χ1v) is 8.19. The Morgan fingerprint density at radius 2 is 2.05 bits per heavy atom. The van der Waals surface area contributed by atoms with E-state index in [1.54, 1.807) is 6.07 Å². The van der Waals surface area contributed by atoms with Gasteiger partial charge in [-0.2, -0.15) is 4.31 Å². The Balaban J connectivity index is 2.48. The Hall–Kier alpha value is -1.11. The van der Waals surface area contributed by atoms with Crippen LogP contribution in [0.15, 0.2) is 17.0 Å². The van der Waals surface area contributed by atoms with Crippen LogP contribution in [0, 0.1) is 13.8 Å². The maximum Gasteiger partial charge on any atom is 0.246 e. The Kier molecular flexibility index (Phi) is 4.36. The molecule has 20 heavy (non-hydrogen) atoms. The van der Waals surface area contributed by atoms with Crippen molar-refractivity contribution < 1.29 is 13.2 Å². The number of sulfonamides is 1. The molecule has 0 amide bonds. The average molecular weight is 298 g/mol. The lowest BCUT2D eigenvalue weighted by molar-refractivity contribution is 0.308. The van der Waals surface area contributed by atoms with Crippen LogP contribution in [-0.2, 0) is 10.0 Å². The number of aryl methyl sites for hydroxylation is 2. The zero-order chi connectivity index (χ0) is 14.9. The number of ether oxygens (including phenoxy) is 1. The molecule has 1 aromatic rings. The number of nitrogens with one attached hydrogen (secondary N) is 1. The summed E-state index contributed by atoms with van der Waals surface area (Å²) in [6.45, 7) is 7.40. The van der Waals surface area contributed by atoms with Gasteiger partial charge in [-0.1, -0.05) is 6.07 Å². The van der Waals surface area contributed by atoms with E-state index in [0.29, 0.717) is 25.4 Å². The second kappa shape index (κ2) is 5.71.